The summed E-state index contributed by atoms with van der Waals surface area (Å²) in [6.45, 7) is 10.7. The first-order valence-electron chi connectivity index (χ1n) is 9.91. The summed E-state index contributed by atoms with van der Waals surface area (Å²) in [4.78, 5) is 19.7. The average molecular weight is 414 g/mol. The Bertz CT molecular complexity index is 1000. The minimum absolute atomic E-state index is 0.0842. The number of furan rings is 1. The Labute approximate surface area is 174 Å². The van der Waals surface area contributed by atoms with Crippen molar-refractivity contribution < 1.29 is 13.9 Å². The first kappa shape index (κ1) is 19.9. The van der Waals surface area contributed by atoms with Crippen molar-refractivity contribution in [2.75, 3.05) is 13.1 Å². The Kier molecular flexibility index (Phi) is 5.36. The van der Waals surface area contributed by atoms with Crippen molar-refractivity contribution in [3.05, 3.63) is 46.1 Å². The molecule has 0 unspecified atom stereocenters. The van der Waals surface area contributed by atoms with Gasteiger partial charge >= 0.3 is 0 Å². The Hall–Kier alpha value is -2.38. The molecular weight excluding hydrogens is 386 g/mol. The summed E-state index contributed by atoms with van der Waals surface area (Å²) in [5.74, 6) is 1.24. The standard InChI is InChI=1S/C22H27N3O3S/c1-14-20(21(26)24-15-7-9-25(12-15)22(2,3)4)17-11-16(5-6-18(17)28-14)27-13-19-23-8-10-29-19/h5-6,8,10-11,15H,7,9,12-13H2,1-4H3,(H,24,26)/t15-/m1/s1. The van der Waals surface area contributed by atoms with Crippen molar-refractivity contribution in [2.45, 2.75) is 52.3 Å². The molecule has 1 aliphatic rings. The van der Waals surface area contributed by atoms with Crippen LogP contribution in [0.25, 0.3) is 11.0 Å². The molecule has 154 valence electrons. The number of carbonyl (C=O) groups excluding carboxylic acids is 1. The third-order valence-corrected chi connectivity index (χ3v) is 6.13. The van der Waals surface area contributed by atoms with E-state index in [-0.39, 0.29) is 17.5 Å². The fraction of sp³-hybridized carbons (Fsp3) is 0.455. The van der Waals surface area contributed by atoms with Crippen molar-refractivity contribution in [3.8, 4) is 5.75 Å². The first-order chi connectivity index (χ1) is 13.8. The number of rotatable bonds is 5. The second kappa shape index (κ2) is 7.80. The molecule has 0 saturated carbocycles. The molecule has 1 aliphatic heterocycles. The Morgan fingerprint density at radius 1 is 1.41 bits per heavy atom. The van der Waals surface area contributed by atoms with Crippen molar-refractivity contribution >= 4 is 28.2 Å². The van der Waals surface area contributed by atoms with Gasteiger partial charge in [-0.1, -0.05) is 0 Å². The molecule has 1 atom stereocenters. The van der Waals surface area contributed by atoms with E-state index < -0.39 is 0 Å². The highest BCUT2D eigenvalue weighted by Crippen LogP contribution is 2.30. The van der Waals surface area contributed by atoms with E-state index in [4.69, 9.17) is 9.15 Å². The SMILES string of the molecule is Cc1oc2ccc(OCc3nccs3)cc2c1C(=O)N[C@@H]1CCN(C(C)(C)C)C1. The maximum absolute atomic E-state index is 13.1. The molecule has 0 spiro atoms. The number of ether oxygens (including phenoxy) is 1. The predicted molar refractivity (Wildman–Crippen MR) is 115 cm³/mol. The van der Waals surface area contributed by atoms with Gasteiger partial charge in [0.2, 0.25) is 0 Å². The Morgan fingerprint density at radius 3 is 2.93 bits per heavy atom. The van der Waals surface area contributed by atoms with E-state index in [1.54, 1.807) is 17.5 Å². The molecule has 1 fully saturated rings. The summed E-state index contributed by atoms with van der Waals surface area (Å²) in [6, 6.07) is 5.74. The normalized spacial score (nSPS) is 17.7. The van der Waals surface area contributed by atoms with Gasteiger partial charge in [0.25, 0.3) is 5.91 Å². The van der Waals surface area contributed by atoms with E-state index in [2.05, 4.69) is 36.0 Å². The number of nitrogens with zero attached hydrogens (tertiary/aromatic N) is 2. The second-order valence-electron chi connectivity index (χ2n) is 8.48. The lowest BCUT2D eigenvalue weighted by Crippen LogP contribution is -2.43. The maximum Gasteiger partial charge on any atom is 0.255 e. The van der Waals surface area contributed by atoms with Gasteiger partial charge in [-0.05, 0) is 52.3 Å². The molecule has 3 heterocycles. The minimum atomic E-state index is -0.0842. The van der Waals surface area contributed by atoms with Gasteiger partial charge in [0, 0.05) is 41.6 Å². The van der Waals surface area contributed by atoms with Crippen LogP contribution in [0.4, 0.5) is 0 Å². The van der Waals surface area contributed by atoms with E-state index in [1.807, 2.05) is 30.5 Å². The van der Waals surface area contributed by atoms with Gasteiger partial charge in [0.15, 0.2) is 0 Å². The lowest BCUT2D eigenvalue weighted by atomic mass is 10.1. The molecule has 0 radical (unpaired) electrons. The number of thiazole rings is 1. The molecule has 6 nitrogen and oxygen atoms in total. The van der Waals surface area contributed by atoms with Crippen LogP contribution < -0.4 is 10.1 Å². The number of likely N-dealkylation sites (tertiary alicyclic amines) is 1. The van der Waals surface area contributed by atoms with E-state index >= 15 is 0 Å². The minimum Gasteiger partial charge on any atom is -0.486 e. The number of fused-ring (bicyclic) bond motifs is 1. The third kappa shape index (κ3) is 4.31. The molecule has 4 rings (SSSR count). The zero-order valence-electron chi connectivity index (χ0n) is 17.3. The quantitative estimate of drug-likeness (QED) is 0.672. The van der Waals surface area contributed by atoms with Crippen LogP contribution in [0.15, 0.2) is 34.2 Å². The van der Waals surface area contributed by atoms with Gasteiger partial charge in [-0.25, -0.2) is 4.98 Å². The molecule has 1 aromatic carbocycles. The van der Waals surface area contributed by atoms with Crippen LogP contribution in [0, 0.1) is 6.92 Å². The van der Waals surface area contributed by atoms with Crippen molar-refractivity contribution in [1.82, 2.24) is 15.2 Å². The van der Waals surface area contributed by atoms with E-state index in [0.29, 0.717) is 29.3 Å². The number of hydrogen-bond acceptors (Lipinski definition) is 6. The summed E-state index contributed by atoms with van der Waals surface area (Å²) in [5, 5.41) is 6.82. The van der Waals surface area contributed by atoms with Crippen LogP contribution in [-0.2, 0) is 6.61 Å². The van der Waals surface area contributed by atoms with Crippen LogP contribution >= 0.6 is 11.3 Å². The average Bonchev–Trinajstić information content (AvgIpc) is 3.38. The topological polar surface area (TPSA) is 67.6 Å². The monoisotopic (exact) mass is 413 g/mol. The van der Waals surface area contributed by atoms with Crippen LogP contribution in [0.1, 0.15) is 48.3 Å². The van der Waals surface area contributed by atoms with Crippen LogP contribution in [0.3, 0.4) is 0 Å². The molecule has 0 aliphatic carbocycles. The molecule has 3 aromatic rings. The smallest absolute Gasteiger partial charge is 0.255 e. The summed E-state index contributed by atoms with van der Waals surface area (Å²) in [5.41, 5.74) is 1.40. The number of aryl methyl sites for hydroxylation is 1. The van der Waals surface area contributed by atoms with Gasteiger partial charge in [0.1, 0.15) is 28.7 Å². The van der Waals surface area contributed by atoms with E-state index in [9.17, 15) is 4.79 Å². The zero-order chi connectivity index (χ0) is 20.6. The molecule has 29 heavy (non-hydrogen) atoms. The number of carbonyl (C=O) groups is 1. The van der Waals surface area contributed by atoms with Crippen LogP contribution in [-0.4, -0.2) is 40.5 Å². The summed E-state index contributed by atoms with van der Waals surface area (Å²) < 4.78 is 11.7. The lowest BCUT2D eigenvalue weighted by molar-refractivity contribution is 0.0932. The highest BCUT2D eigenvalue weighted by atomic mass is 32.1. The van der Waals surface area contributed by atoms with Crippen molar-refractivity contribution in [1.29, 1.82) is 0 Å². The van der Waals surface area contributed by atoms with Gasteiger partial charge in [-0.15, -0.1) is 11.3 Å². The van der Waals surface area contributed by atoms with Gasteiger partial charge in [-0.3, -0.25) is 9.69 Å². The van der Waals surface area contributed by atoms with E-state index in [1.165, 1.54) is 0 Å². The molecule has 1 saturated heterocycles. The molecule has 7 heteroatoms. The highest BCUT2D eigenvalue weighted by molar-refractivity contribution is 7.09. The summed E-state index contributed by atoms with van der Waals surface area (Å²) in [7, 11) is 0. The number of nitrogens with one attached hydrogen (secondary N) is 1. The largest absolute Gasteiger partial charge is 0.486 e. The predicted octanol–water partition coefficient (Wildman–Crippen LogP) is 4.38. The fourth-order valence-electron chi connectivity index (χ4n) is 3.79. The molecule has 1 amide bonds. The van der Waals surface area contributed by atoms with Crippen LogP contribution in [0.5, 0.6) is 5.75 Å². The third-order valence-electron chi connectivity index (χ3n) is 5.38. The Morgan fingerprint density at radius 2 is 2.24 bits per heavy atom. The lowest BCUT2D eigenvalue weighted by Gasteiger charge is -2.31. The molecule has 0 bridgehead atoms. The number of amides is 1. The molecular formula is C22H27N3O3S. The van der Waals surface area contributed by atoms with Gasteiger partial charge in [-0.2, -0.15) is 0 Å². The first-order valence-corrected chi connectivity index (χ1v) is 10.8. The number of hydrogen-bond donors (Lipinski definition) is 1. The van der Waals surface area contributed by atoms with Gasteiger partial charge in [0.05, 0.1) is 5.56 Å². The van der Waals surface area contributed by atoms with Crippen LogP contribution in [0.2, 0.25) is 0 Å². The highest BCUT2D eigenvalue weighted by Gasteiger charge is 2.32. The summed E-state index contributed by atoms with van der Waals surface area (Å²) >= 11 is 1.55. The summed E-state index contributed by atoms with van der Waals surface area (Å²) in [6.07, 6.45) is 2.72. The van der Waals surface area contributed by atoms with Crippen molar-refractivity contribution in [2.24, 2.45) is 0 Å². The van der Waals surface area contributed by atoms with E-state index in [0.717, 1.165) is 29.9 Å². The second-order valence-corrected chi connectivity index (χ2v) is 9.46. The fourth-order valence-corrected chi connectivity index (χ4v) is 4.31. The molecule has 1 N–H and O–H groups in total. The zero-order valence-corrected chi connectivity index (χ0v) is 18.1. The van der Waals surface area contributed by atoms with Gasteiger partial charge < -0.3 is 14.5 Å². The Balaban J connectivity index is 1.51. The molecule has 2 aromatic heterocycles. The van der Waals surface area contributed by atoms with Crippen molar-refractivity contribution in [3.63, 3.8) is 0 Å². The number of benzene rings is 1. The maximum atomic E-state index is 13.1. The number of aromatic nitrogens is 1.